The van der Waals surface area contributed by atoms with E-state index in [0.29, 0.717) is 26.0 Å². The van der Waals surface area contributed by atoms with E-state index in [-0.39, 0.29) is 28.4 Å². The van der Waals surface area contributed by atoms with Gasteiger partial charge in [-0.15, -0.1) is 11.3 Å². The Bertz CT molecular complexity index is 2060. The van der Waals surface area contributed by atoms with Gasteiger partial charge in [0.25, 0.3) is 23.4 Å². The minimum Gasteiger partial charge on any atom is -0.322 e. The Labute approximate surface area is 263 Å². The predicted octanol–water partition coefficient (Wildman–Crippen LogP) is 6.58. The Morgan fingerprint density at radius 3 is 2.49 bits per heavy atom. The van der Waals surface area contributed by atoms with E-state index in [0.717, 1.165) is 26.9 Å². The first-order valence-corrected chi connectivity index (χ1v) is 15.0. The molecule has 6 rings (SSSR count). The molecule has 0 unspecified atom stereocenters. The molecule has 45 heavy (non-hydrogen) atoms. The highest BCUT2D eigenvalue weighted by atomic mass is 32.2. The van der Waals surface area contributed by atoms with Crippen LogP contribution in [0.5, 0.6) is 0 Å². The van der Waals surface area contributed by atoms with Gasteiger partial charge in [0.05, 0.1) is 25.7 Å². The number of nitro benzene ring substituents is 1. The number of nitrogens with one attached hydrogen (secondary N) is 2. The molecular formula is C32H21N5O6S2. The van der Waals surface area contributed by atoms with Gasteiger partial charge in [0.15, 0.2) is 4.34 Å². The molecule has 4 aromatic carbocycles. The van der Waals surface area contributed by atoms with Gasteiger partial charge in [-0.2, -0.15) is 0 Å². The molecule has 0 saturated carbocycles. The number of imide groups is 2. The molecular weight excluding hydrogens is 615 g/mol. The number of urea groups is 1. The molecule has 1 saturated heterocycles. The van der Waals surface area contributed by atoms with E-state index >= 15 is 0 Å². The summed E-state index contributed by atoms with van der Waals surface area (Å²) in [5.74, 6) is -1.99. The first kappa shape index (κ1) is 29.4. The zero-order valence-corrected chi connectivity index (χ0v) is 25.0. The van der Waals surface area contributed by atoms with Crippen LogP contribution < -0.4 is 15.5 Å². The number of hydrogen-bond acceptors (Lipinski definition) is 9. The van der Waals surface area contributed by atoms with Gasteiger partial charge < -0.3 is 5.32 Å². The van der Waals surface area contributed by atoms with Crippen molar-refractivity contribution in [3.05, 3.63) is 123 Å². The molecule has 0 aliphatic carbocycles. The summed E-state index contributed by atoms with van der Waals surface area (Å²) in [7, 11) is 0. The van der Waals surface area contributed by atoms with E-state index in [9.17, 15) is 29.3 Å². The average molecular weight is 636 g/mol. The molecule has 5 aromatic rings. The van der Waals surface area contributed by atoms with Crippen molar-refractivity contribution in [1.82, 2.24) is 10.3 Å². The minimum absolute atomic E-state index is 0.228. The monoisotopic (exact) mass is 635 g/mol. The Balaban J connectivity index is 1.24. The van der Waals surface area contributed by atoms with E-state index in [1.54, 1.807) is 72.8 Å². The Hall–Kier alpha value is -5.66. The topological polar surface area (TPSA) is 152 Å². The number of carbonyl (C=O) groups is 4. The summed E-state index contributed by atoms with van der Waals surface area (Å²) in [6.07, 6.45) is 1.22. The molecule has 1 aliphatic rings. The van der Waals surface area contributed by atoms with Crippen molar-refractivity contribution in [2.75, 3.05) is 10.2 Å². The SMILES string of the molecule is Cc1ccc(N2C(=O)NC(=O)/C(=C\c3ccc(Sc4nc5ccc(NC(=O)c6ccccc6)cc5s4)c([N+](=O)[O-])c3)C2=O)cc1. The van der Waals surface area contributed by atoms with Crippen LogP contribution >= 0.6 is 23.1 Å². The van der Waals surface area contributed by atoms with E-state index < -0.39 is 22.8 Å². The largest absolute Gasteiger partial charge is 0.335 e. The summed E-state index contributed by atoms with van der Waals surface area (Å²) in [6.45, 7) is 1.85. The van der Waals surface area contributed by atoms with Gasteiger partial charge in [0.1, 0.15) is 5.57 Å². The number of aromatic nitrogens is 1. The van der Waals surface area contributed by atoms with Crippen LogP contribution in [0.3, 0.4) is 0 Å². The van der Waals surface area contributed by atoms with Crippen molar-refractivity contribution in [2.45, 2.75) is 16.2 Å². The second kappa shape index (κ2) is 12.1. The van der Waals surface area contributed by atoms with Crippen LogP contribution in [0.25, 0.3) is 16.3 Å². The highest BCUT2D eigenvalue weighted by Gasteiger charge is 2.37. The van der Waals surface area contributed by atoms with E-state index in [1.807, 2.05) is 13.0 Å². The van der Waals surface area contributed by atoms with Gasteiger partial charge in [0.2, 0.25) is 0 Å². The maximum absolute atomic E-state index is 13.2. The van der Waals surface area contributed by atoms with Crippen LogP contribution in [0, 0.1) is 17.0 Å². The summed E-state index contributed by atoms with van der Waals surface area (Å²) >= 11 is 2.41. The molecule has 2 N–H and O–H groups in total. The lowest BCUT2D eigenvalue weighted by atomic mass is 10.1. The maximum Gasteiger partial charge on any atom is 0.335 e. The normalized spacial score (nSPS) is 14.1. The van der Waals surface area contributed by atoms with Gasteiger partial charge >= 0.3 is 6.03 Å². The van der Waals surface area contributed by atoms with Gasteiger partial charge in [-0.1, -0.05) is 53.7 Å². The minimum atomic E-state index is -0.900. The van der Waals surface area contributed by atoms with Gasteiger partial charge in [0, 0.05) is 17.3 Å². The molecule has 13 heteroatoms. The van der Waals surface area contributed by atoms with Gasteiger partial charge in [-0.05, 0) is 67.1 Å². The van der Waals surface area contributed by atoms with E-state index in [4.69, 9.17) is 0 Å². The highest BCUT2D eigenvalue weighted by molar-refractivity contribution is 8.01. The molecule has 1 aliphatic heterocycles. The number of barbiturate groups is 1. The lowest BCUT2D eigenvalue weighted by Gasteiger charge is -2.26. The third-order valence-electron chi connectivity index (χ3n) is 6.74. The second-order valence-corrected chi connectivity index (χ2v) is 12.2. The van der Waals surface area contributed by atoms with Gasteiger partial charge in [-0.25, -0.2) is 14.7 Å². The summed E-state index contributed by atoms with van der Waals surface area (Å²) in [4.78, 5) is 68.0. The van der Waals surface area contributed by atoms with Crippen molar-refractivity contribution in [3.8, 4) is 0 Å². The van der Waals surface area contributed by atoms with Crippen LogP contribution in [0.15, 0.2) is 106 Å². The molecule has 2 heterocycles. The highest BCUT2D eigenvalue weighted by Crippen LogP contribution is 2.40. The lowest BCUT2D eigenvalue weighted by Crippen LogP contribution is -2.54. The smallest absolute Gasteiger partial charge is 0.322 e. The zero-order valence-electron chi connectivity index (χ0n) is 23.3. The number of benzene rings is 4. The van der Waals surface area contributed by atoms with Crippen molar-refractivity contribution in [2.24, 2.45) is 0 Å². The third kappa shape index (κ3) is 6.20. The number of carbonyl (C=O) groups excluding carboxylic acids is 4. The lowest BCUT2D eigenvalue weighted by molar-refractivity contribution is -0.387. The summed E-state index contributed by atoms with van der Waals surface area (Å²) < 4.78 is 1.32. The fourth-order valence-corrected chi connectivity index (χ4v) is 6.67. The maximum atomic E-state index is 13.2. The number of amides is 5. The number of aryl methyl sites for hydroxylation is 1. The number of anilines is 2. The van der Waals surface area contributed by atoms with Crippen LogP contribution in [-0.4, -0.2) is 33.7 Å². The van der Waals surface area contributed by atoms with E-state index in [2.05, 4.69) is 15.6 Å². The third-order valence-corrected chi connectivity index (χ3v) is 8.89. The molecule has 0 atom stereocenters. The van der Waals surface area contributed by atoms with E-state index in [1.165, 1.54) is 29.5 Å². The van der Waals surface area contributed by atoms with Gasteiger partial charge in [-0.3, -0.25) is 29.8 Å². The summed E-state index contributed by atoms with van der Waals surface area (Å²) in [6, 6.07) is 24.2. The molecule has 1 aromatic heterocycles. The number of fused-ring (bicyclic) bond motifs is 1. The number of hydrogen-bond donors (Lipinski definition) is 2. The van der Waals surface area contributed by atoms with Crippen LogP contribution in [0.4, 0.5) is 21.9 Å². The molecule has 0 spiro atoms. The quantitative estimate of drug-likeness (QED) is 0.0880. The van der Waals surface area contributed by atoms with Crippen molar-refractivity contribution in [1.29, 1.82) is 0 Å². The molecule has 0 bridgehead atoms. The average Bonchev–Trinajstić information content (AvgIpc) is 3.42. The zero-order chi connectivity index (χ0) is 31.7. The van der Waals surface area contributed by atoms with Crippen molar-refractivity contribution >= 4 is 80.2 Å². The summed E-state index contributed by atoms with van der Waals surface area (Å²) in [5, 5.41) is 17.1. The fraction of sp³-hybridized carbons (Fsp3) is 0.0312. The molecule has 0 radical (unpaired) electrons. The first-order chi connectivity index (χ1) is 21.7. The van der Waals surface area contributed by atoms with Crippen molar-refractivity contribution < 1.29 is 24.1 Å². The predicted molar refractivity (Wildman–Crippen MR) is 171 cm³/mol. The number of thiazole rings is 1. The second-order valence-electron chi connectivity index (χ2n) is 9.86. The van der Waals surface area contributed by atoms with Crippen LogP contribution in [0.2, 0.25) is 0 Å². The number of nitrogens with zero attached hydrogens (tertiary/aromatic N) is 3. The number of nitro groups is 1. The standard InChI is InChI=1S/C32H21N5O6S2/c1-18-7-11-22(12-8-18)36-30(40)23(29(39)35-31(36)41)15-19-9-14-26(25(16-19)37(42)43)44-32-34-24-13-10-21(17-27(24)45-32)33-28(38)20-5-3-2-4-6-20/h2-17H,1H3,(H,33,38)(H,35,39,41)/b23-15+. The van der Waals surface area contributed by atoms with Crippen LogP contribution in [-0.2, 0) is 9.59 Å². The van der Waals surface area contributed by atoms with Crippen LogP contribution in [0.1, 0.15) is 21.5 Å². The van der Waals surface area contributed by atoms with Crippen molar-refractivity contribution in [3.63, 3.8) is 0 Å². The molecule has 222 valence electrons. The number of rotatable bonds is 7. The Morgan fingerprint density at radius 2 is 1.76 bits per heavy atom. The Morgan fingerprint density at radius 1 is 1.00 bits per heavy atom. The molecule has 5 amide bonds. The molecule has 1 fully saturated rings. The fourth-order valence-electron chi connectivity index (χ4n) is 4.52. The first-order valence-electron chi connectivity index (χ1n) is 13.4. The summed E-state index contributed by atoms with van der Waals surface area (Å²) in [5.41, 5.74) is 2.61. The molecule has 11 nitrogen and oxygen atoms in total. The Kier molecular flexibility index (Phi) is 7.94.